The van der Waals surface area contributed by atoms with E-state index in [1.54, 1.807) is 30.3 Å². The zero-order chi connectivity index (χ0) is 24.0. The summed E-state index contributed by atoms with van der Waals surface area (Å²) < 4.78 is 53.9. The molecule has 174 valence electrons. The number of pyridine rings is 2. The lowest BCUT2D eigenvalue weighted by molar-refractivity contribution is -0.136. The number of nitrogens with two attached hydrogens (primary N) is 2. The number of anilines is 2. The summed E-state index contributed by atoms with van der Waals surface area (Å²) in [6, 6.07) is 10.6. The van der Waals surface area contributed by atoms with Gasteiger partial charge in [0.25, 0.3) is 0 Å². The van der Waals surface area contributed by atoms with Crippen molar-refractivity contribution >= 4 is 17.4 Å². The first-order valence-electron chi connectivity index (χ1n) is 9.97. The van der Waals surface area contributed by atoms with Gasteiger partial charge in [-0.25, -0.2) is 14.8 Å². The van der Waals surface area contributed by atoms with Gasteiger partial charge in [-0.05, 0) is 24.1 Å². The van der Waals surface area contributed by atoms with Gasteiger partial charge in [-0.1, -0.05) is 30.3 Å². The molecular formula is C22H22F4N6O. The molecule has 2 heterocycles. The molecule has 1 unspecified atom stereocenters. The van der Waals surface area contributed by atoms with Crippen molar-refractivity contribution in [3.05, 3.63) is 72.4 Å². The number of amides is 1. The zero-order valence-corrected chi connectivity index (χ0v) is 17.4. The maximum Gasteiger partial charge on any atom is 0.389 e. The number of benzene rings is 1. The number of nitrogens with one attached hydrogen (secondary N) is 1. The number of aromatic nitrogens is 2. The maximum atomic E-state index is 15.6. The van der Waals surface area contributed by atoms with Gasteiger partial charge in [0.2, 0.25) is 5.91 Å². The molecule has 5 N–H and O–H groups in total. The summed E-state index contributed by atoms with van der Waals surface area (Å²) in [5.74, 6) is -1.27. The molecule has 0 aliphatic heterocycles. The van der Waals surface area contributed by atoms with Crippen LogP contribution in [0.25, 0.3) is 11.1 Å². The van der Waals surface area contributed by atoms with Gasteiger partial charge >= 0.3 is 6.18 Å². The fraction of sp³-hybridized carbons (Fsp3) is 0.227. The van der Waals surface area contributed by atoms with E-state index in [-0.39, 0.29) is 35.6 Å². The smallest absolute Gasteiger partial charge is 0.366 e. The minimum Gasteiger partial charge on any atom is -0.366 e. The summed E-state index contributed by atoms with van der Waals surface area (Å²) in [4.78, 5) is 19.6. The van der Waals surface area contributed by atoms with Crippen LogP contribution < -0.4 is 21.9 Å². The second-order valence-electron chi connectivity index (χ2n) is 7.21. The topological polar surface area (TPSA) is 110 Å². The number of hydrogen-bond acceptors (Lipinski definition) is 6. The summed E-state index contributed by atoms with van der Waals surface area (Å²) in [6.07, 6.45) is -2.04. The van der Waals surface area contributed by atoms with E-state index in [1.807, 2.05) is 0 Å². The molecule has 1 aromatic carbocycles. The van der Waals surface area contributed by atoms with Crippen LogP contribution in [0, 0.1) is 5.82 Å². The van der Waals surface area contributed by atoms with E-state index in [9.17, 15) is 18.0 Å². The van der Waals surface area contributed by atoms with Crippen molar-refractivity contribution in [1.82, 2.24) is 15.4 Å². The summed E-state index contributed by atoms with van der Waals surface area (Å²) in [7, 11) is 0. The zero-order valence-electron chi connectivity index (χ0n) is 17.4. The fourth-order valence-electron chi connectivity index (χ4n) is 3.09. The normalized spacial score (nSPS) is 12.4. The molecule has 0 radical (unpaired) electrons. The van der Waals surface area contributed by atoms with Gasteiger partial charge < -0.3 is 11.5 Å². The molecule has 0 aliphatic carbocycles. The van der Waals surface area contributed by atoms with Crippen molar-refractivity contribution in [3.63, 3.8) is 0 Å². The van der Waals surface area contributed by atoms with Gasteiger partial charge in [0, 0.05) is 37.0 Å². The third-order valence-corrected chi connectivity index (χ3v) is 4.82. The van der Waals surface area contributed by atoms with E-state index in [0.29, 0.717) is 5.56 Å². The molecule has 3 rings (SSSR count). The highest BCUT2D eigenvalue weighted by molar-refractivity contribution is 5.92. The standard InChI is InChI=1S/C22H22F4N6O/c23-20-17(14-4-2-1-3-5-14)12-29-13-18(20)32(19-7-6-15(11-30-19)21(28)33)31-16(10-27)8-9-22(24,25)26/h1-7,11-13,16,31H,8-10,27H2,(H2,28,33). The monoisotopic (exact) mass is 462 g/mol. The molecule has 2 aromatic heterocycles. The molecule has 33 heavy (non-hydrogen) atoms. The summed E-state index contributed by atoms with van der Waals surface area (Å²) in [5.41, 5.74) is 14.5. The van der Waals surface area contributed by atoms with E-state index in [2.05, 4.69) is 15.4 Å². The highest BCUT2D eigenvalue weighted by atomic mass is 19.4. The minimum atomic E-state index is -4.37. The van der Waals surface area contributed by atoms with Crippen LogP contribution in [-0.4, -0.2) is 34.6 Å². The maximum absolute atomic E-state index is 15.6. The van der Waals surface area contributed by atoms with E-state index in [1.165, 1.54) is 35.7 Å². The summed E-state index contributed by atoms with van der Waals surface area (Å²) in [6.45, 7) is -0.153. The molecule has 0 spiro atoms. The van der Waals surface area contributed by atoms with Gasteiger partial charge in [-0.3, -0.25) is 14.8 Å². The number of alkyl halides is 3. The van der Waals surface area contributed by atoms with Gasteiger partial charge in [-0.15, -0.1) is 0 Å². The van der Waals surface area contributed by atoms with Crippen molar-refractivity contribution in [2.45, 2.75) is 25.1 Å². The molecule has 1 amide bonds. The second kappa shape index (κ2) is 10.4. The number of primary amides is 1. The Morgan fingerprint density at radius 1 is 1.09 bits per heavy atom. The molecule has 3 aromatic rings. The lowest BCUT2D eigenvalue weighted by atomic mass is 10.1. The minimum absolute atomic E-state index is 0.0823. The van der Waals surface area contributed by atoms with Gasteiger partial charge in [0.1, 0.15) is 11.5 Å². The Kier molecular flexibility index (Phi) is 7.56. The lowest BCUT2D eigenvalue weighted by Crippen LogP contribution is -2.47. The first-order valence-corrected chi connectivity index (χ1v) is 9.97. The second-order valence-corrected chi connectivity index (χ2v) is 7.21. The number of halogens is 4. The van der Waals surface area contributed by atoms with Crippen LogP contribution in [0.4, 0.5) is 29.1 Å². The molecule has 7 nitrogen and oxygen atoms in total. The number of carbonyl (C=O) groups excluding carboxylic acids is 1. The number of carbonyl (C=O) groups is 1. The predicted octanol–water partition coefficient (Wildman–Crippen LogP) is 3.69. The Hall–Kier alpha value is -3.57. The van der Waals surface area contributed by atoms with E-state index in [0.717, 1.165) is 0 Å². The van der Waals surface area contributed by atoms with Crippen molar-refractivity contribution in [2.75, 3.05) is 11.6 Å². The molecule has 11 heteroatoms. The Labute approximate surface area is 187 Å². The van der Waals surface area contributed by atoms with E-state index < -0.39 is 30.4 Å². The highest BCUT2D eigenvalue weighted by Crippen LogP contribution is 2.31. The van der Waals surface area contributed by atoms with E-state index in [4.69, 9.17) is 11.5 Å². The third kappa shape index (κ3) is 6.24. The number of hydrazine groups is 1. The largest absolute Gasteiger partial charge is 0.389 e. The lowest BCUT2D eigenvalue weighted by Gasteiger charge is -2.30. The van der Waals surface area contributed by atoms with Gasteiger partial charge in [0.05, 0.1) is 11.8 Å². The molecule has 0 saturated carbocycles. The Balaban J connectivity index is 2.02. The Bertz CT molecular complexity index is 1080. The number of nitrogens with zero attached hydrogens (tertiary/aromatic N) is 3. The third-order valence-electron chi connectivity index (χ3n) is 4.82. The van der Waals surface area contributed by atoms with Crippen LogP contribution >= 0.6 is 0 Å². The van der Waals surface area contributed by atoms with Crippen LogP contribution in [-0.2, 0) is 0 Å². The van der Waals surface area contributed by atoms with Gasteiger partial charge in [0.15, 0.2) is 5.82 Å². The number of rotatable bonds is 9. The quantitative estimate of drug-likeness (QED) is 0.331. The van der Waals surface area contributed by atoms with Crippen molar-refractivity contribution in [1.29, 1.82) is 0 Å². The van der Waals surface area contributed by atoms with Crippen LogP contribution in [0.2, 0.25) is 0 Å². The van der Waals surface area contributed by atoms with Crippen molar-refractivity contribution in [3.8, 4) is 11.1 Å². The Morgan fingerprint density at radius 3 is 2.39 bits per heavy atom. The Morgan fingerprint density at radius 2 is 1.82 bits per heavy atom. The predicted molar refractivity (Wildman–Crippen MR) is 116 cm³/mol. The molecular weight excluding hydrogens is 440 g/mol. The first-order chi connectivity index (χ1) is 15.7. The van der Waals surface area contributed by atoms with E-state index >= 15 is 4.39 Å². The molecule has 0 bridgehead atoms. The molecule has 0 saturated heterocycles. The van der Waals surface area contributed by atoms with Crippen molar-refractivity contribution in [2.24, 2.45) is 11.5 Å². The number of hydrogen-bond donors (Lipinski definition) is 3. The SMILES string of the molecule is NCC(CCC(F)(F)F)NN(c1ccc(C(N)=O)cn1)c1cncc(-c2ccccc2)c1F. The van der Waals surface area contributed by atoms with Gasteiger partial charge in [-0.2, -0.15) is 13.2 Å². The summed E-state index contributed by atoms with van der Waals surface area (Å²) in [5, 5.41) is 1.17. The van der Waals surface area contributed by atoms with Crippen LogP contribution in [0.1, 0.15) is 23.2 Å². The fourth-order valence-corrected chi connectivity index (χ4v) is 3.09. The van der Waals surface area contributed by atoms with Crippen LogP contribution in [0.5, 0.6) is 0 Å². The van der Waals surface area contributed by atoms with Crippen molar-refractivity contribution < 1.29 is 22.4 Å². The van der Waals surface area contributed by atoms with Crippen LogP contribution in [0.3, 0.4) is 0 Å². The molecule has 1 atom stereocenters. The highest BCUT2D eigenvalue weighted by Gasteiger charge is 2.29. The molecule has 0 aliphatic rings. The summed E-state index contributed by atoms with van der Waals surface area (Å²) >= 11 is 0. The average molecular weight is 462 g/mol. The van der Waals surface area contributed by atoms with Crippen LogP contribution in [0.15, 0.2) is 61.1 Å². The first kappa shape index (κ1) is 24.1. The molecule has 0 fully saturated rings. The average Bonchev–Trinajstić information content (AvgIpc) is 2.80.